The van der Waals surface area contributed by atoms with Crippen molar-refractivity contribution in [3.8, 4) is 0 Å². The average Bonchev–Trinajstić information content (AvgIpc) is 3.34. The number of amides is 1. The number of aromatic nitrogens is 6. The molecule has 0 aliphatic heterocycles. The lowest BCUT2D eigenvalue weighted by Gasteiger charge is -2.12. The summed E-state index contributed by atoms with van der Waals surface area (Å²) in [5.74, 6) is -0.643. The summed E-state index contributed by atoms with van der Waals surface area (Å²) in [4.78, 5) is 23.3. The highest BCUT2D eigenvalue weighted by Crippen LogP contribution is 2.22. The van der Waals surface area contributed by atoms with E-state index in [1.807, 2.05) is 24.7 Å². The van der Waals surface area contributed by atoms with Gasteiger partial charge in [-0.1, -0.05) is 6.92 Å². The first-order chi connectivity index (χ1) is 14.2. The average molecular weight is 414 g/mol. The van der Waals surface area contributed by atoms with Crippen LogP contribution in [0.2, 0.25) is 0 Å². The summed E-state index contributed by atoms with van der Waals surface area (Å²) in [5.41, 5.74) is 3.52. The van der Waals surface area contributed by atoms with E-state index >= 15 is 0 Å². The van der Waals surface area contributed by atoms with Gasteiger partial charge in [0.05, 0.1) is 42.0 Å². The lowest BCUT2D eigenvalue weighted by Crippen LogP contribution is -2.25. The lowest BCUT2D eigenvalue weighted by atomic mass is 10.1. The summed E-state index contributed by atoms with van der Waals surface area (Å²) in [6.07, 6.45) is 5.19. The van der Waals surface area contributed by atoms with Gasteiger partial charge in [0.15, 0.2) is 0 Å². The number of carbonyl (C=O) groups excluding carboxylic acids is 1. The minimum atomic E-state index is -0.445. The number of rotatable bonds is 8. The molecule has 3 aromatic heterocycles. The molecular formula is C19H26N8O3. The number of aryl methyl sites for hydroxylation is 2. The number of hydrogen-bond donors (Lipinski definition) is 1. The van der Waals surface area contributed by atoms with E-state index < -0.39 is 10.8 Å². The molecule has 0 aliphatic rings. The van der Waals surface area contributed by atoms with E-state index in [0.29, 0.717) is 23.6 Å². The molecule has 3 rings (SSSR count). The Hall–Kier alpha value is -3.50. The number of hydrogen-bond acceptors (Lipinski definition) is 6. The first-order valence-corrected chi connectivity index (χ1v) is 9.74. The molecule has 160 valence electrons. The number of anilines is 1. The van der Waals surface area contributed by atoms with Gasteiger partial charge in [-0.25, -0.2) is 0 Å². The molecule has 0 saturated carbocycles. The predicted octanol–water partition coefficient (Wildman–Crippen LogP) is 2.45. The second kappa shape index (κ2) is 8.47. The van der Waals surface area contributed by atoms with E-state index in [-0.39, 0.29) is 18.1 Å². The Balaban J connectivity index is 1.63. The summed E-state index contributed by atoms with van der Waals surface area (Å²) in [6.45, 7) is 10.7. The third-order valence-corrected chi connectivity index (χ3v) is 5.16. The highest BCUT2D eigenvalue weighted by molar-refractivity contribution is 5.92. The van der Waals surface area contributed by atoms with Crippen molar-refractivity contribution < 1.29 is 9.72 Å². The molecule has 1 amide bonds. The molecule has 11 nitrogen and oxygen atoms in total. The van der Waals surface area contributed by atoms with Gasteiger partial charge in [-0.15, -0.1) is 0 Å². The Morgan fingerprint density at radius 3 is 2.53 bits per heavy atom. The fraction of sp³-hybridized carbons (Fsp3) is 0.474. The molecule has 0 aromatic carbocycles. The van der Waals surface area contributed by atoms with Crippen molar-refractivity contribution in [2.24, 2.45) is 5.92 Å². The highest BCUT2D eigenvalue weighted by atomic mass is 16.6. The second-order valence-corrected chi connectivity index (χ2v) is 7.35. The van der Waals surface area contributed by atoms with E-state index in [2.05, 4.69) is 20.6 Å². The molecule has 0 fully saturated rings. The normalized spacial score (nSPS) is 12.2. The lowest BCUT2D eigenvalue weighted by molar-refractivity contribution is -0.386. The maximum Gasteiger partial charge on any atom is 0.312 e. The first kappa shape index (κ1) is 21.2. The Kier molecular flexibility index (Phi) is 5.99. The maximum atomic E-state index is 12.6. The van der Waals surface area contributed by atoms with Crippen LogP contribution in [-0.4, -0.2) is 40.2 Å². The largest absolute Gasteiger partial charge is 0.323 e. The molecule has 11 heteroatoms. The van der Waals surface area contributed by atoms with Gasteiger partial charge >= 0.3 is 5.69 Å². The number of nitrogens with one attached hydrogen (secondary N) is 1. The summed E-state index contributed by atoms with van der Waals surface area (Å²) in [6, 6.07) is 0. The zero-order valence-electron chi connectivity index (χ0n) is 17.8. The van der Waals surface area contributed by atoms with Crippen molar-refractivity contribution >= 4 is 17.3 Å². The SMILES string of the molecule is CCn1ncc(Cn2cc(NC(=O)C(C)Cn3nc(C)c([N+](=O)[O-])c3C)cn2)c1C. The van der Waals surface area contributed by atoms with Crippen LogP contribution in [0, 0.1) is 36.8 Å². The van der Waals surface area contributed by atoms with Crippen LogP contribution in [0.1, 0.15) is 36.5 Å². The van der Waals surface area contributed by atoms with Crippen LogP contribution in [-0.2, 0) is 24.4 Å². The number of carbonyl (C=O) groups is 1. The van der Waals surface area contributed by atoms with Crippen LogP contribution in [0.3, 0.4) is 0 Å². The Labute approximate surface area is 173 Å². The molecular weight excluding hydrogens is 388 g/mol. The van der Waals surface area contributed by atoms with Gasteiger partial charge in [-0.3, -0.25) is 29.0 Å². The molecule has 0 spiro atoms. The monoisotopic (exact) mass is 414 g/mol. The molecule has 3 aromatic rings. The summed E-state index contributed by atoms with van der Waals surface area (Å²) in [7, 11) is 0. The van der Waals surface area contributed by atoms with Crippen LogP contribution < -0.4 is 5.32 Å². The van der Waals surface area contributed by atoms with Gasteiger partial charge in [0.25, 0.3) is 0 Å². The third-order valence-electron chi connectivity index (χ3n) is 5.16. The minimum Gasteiger partial charge on any atom is -0.323 e. The first-order valence-electron chi connectivity index (χ1n) is 9.74. The molecule has 30 heavy (non-hydrogen) atoms. The van der Waals surface area contributed by atoms with Gasteiger partial charge in [0, 0.05) is 24.0 Å². The second-order valence-electron chi connectivity index (χ2n) is 7.35. The fourth-order valence-corrected chi connectivity index (χ4v) is 3.39. The molecule has 1 unspecified atom stereocenters. The van der Waals surface area contributed by atoms with Crippen molar-refractivity contribution in [3.63, 3.8) is 0 Å². The Morgan fingerprint density at radius 1 is 1.20 bits per heavy atom. The van der Waals surface area contributed by atoms with Crippen molar-refractivity contribution in [1.29, 1.82) is 0 Å². The quantitative estimate of drug-likeness (QED) is 0.446. The summed E-state index contributed by atoms with van der Waals surface area (Å²) in [5, 5.41) is 26.8. The van der Waals surface area contributed by atoms with Crippen molar-refractivity contribution in [3.05, 3.63) is 51.4 Å². The van der Waals surface area contributed by atoms with Crippen molar-refractivity contribution in [2.75, 3.05) is 5.32 Å². The molecule has 1 N–H and O–H groups in total. The van der Waals surface area contributed by atoms with Gasteiger partial charge in [-0.2, -0.15) is 15.3 Å². The molecule has 0 radical (unpaired) electrons. The number of nitro groups is 1. The van der Waals surface area contributed by atoms with Gasteiger partial charge in [0.1, 0.15) is 11.4 Å². The molecule has 1 atom stereocenters. The molecule has 3 heterocycles. The maximum absolute atomic E-state index is 12.6. The van der Waals surface area contributed by atoms with Crippen LogP contribution in [0.15, 0.2) is 18.6 Å². The van der Waals surface area contributed by atoms with Crippen LogP contribution in [0.25, 0.3) is 0 Å². The Bertz CT molecular complexity index is 1080. The van der Waals surface area contributed by atoms with Gasteiger partial charge < -0.3 is 5.32 Å². The van der Waals surface area contributed by atoms with Crippen LogP contribution in [0.5, 0.6) is 0 Å². The van der Waals surface area contributed by atoms with Crippen molar-refractivity contribution in [1.82, 2.24) is 29.3 Å². The minimum absolute atomic E-state index is 0.00873. The van der Waals surface area contributed by atoms with Crippen molar-refractivity contribution in [2.45, 2.75) is 54.3 Å². The molecule has 0 saturated heterocycles. The summed E-state index contributed by atoms with van der Waals surface area (Å²) < 4.78 is 5.18. The van der Waals surface area contributed by atoms with Gasteiger partial charge in [0.2, 0.25) is 5.91 Å². The fourth-order valence-electron chi connectivity index (χ4n) is 3.39. The summed E-state index contributed by atoms with van der Waals surface area (Å²) >= 11 is 0. The molecule has 0 bridgehead atoms. The topological polar surface area (TPSA) is 126 Å². The standard InChI is InChI=1S/C19H26N8O3/c1-6-25-14(4)16(7-21-25)10-24-11-17(8-20-24)22-19(28)12(2)9-26-15(5)18(27(29)30)13(3)23-26/h7-8,11-12H,6,9-10H2,1-5H3,(H,22,28). The van der Waals surface area contributed by atoms with E-state index in [0.717, 1.165) is 17.8 Å². The van der Waals surface area contributed by atoms with E-state index in [9.17, 15) is 14.9 Å². The number of nitrogens with zero attached hydrogens (tertiary/aromatic N) is 7. The van der Waals surface area contributed by atoms with Gasteiger partial charge in [-0.05, 0) is 27.7 Å². The smallest absolute Gasteiger partial charge is 0.312 e. The molecule has 0 aliphatic carbocycles. The van der Waals surface area contributed by atoms with Crippen LogP contribution in [0.4, 0.5) is 11.4 Å². The highest BCUT2D eigenvalue weighted by Gasteiger charge is 2.24. The van der Waals surface area contributed by atoms with E-state index in [4.69, 9.17) is 0 Å². The zero-order chi connectivity index (χ0) is 22.0. The third kappa shape index (κ3) is 4.24. The van der Waals surface area contributed by atoms with E-state index in [1.54, 1.807) is 37.8 Å². The predicted molar refractivity (Wildman–Crippen MR) is 110 cm³/mol. The Morgan fingerprint density at radius 2 is 1.93 bits per heavy atom. The van der Waals surface area contributed by atoms with E-state index in [1.165, 1.54) is 4.68 Å². The zero-order valence-corrected chi connectivity index (χ0v) is 17.8. The van der Waals surface area contributed by atoms with Crippen LogP contribution >= 0.6 is 0 Å².